The van der Waals surface area contributed by atoms with Crippen molar-refractivity contribution in [2.45, 2.75) is 19.4 Å². The van der Waals surface area contributed by atoms with Gasteiger partial charge in [-0.1, -0.05) is 54.6 Å². The van der Waals surface area contributed by atoms with Gasteiger partial charge in [0.25, 0.3) is 5.91 Å². The van der Waals surface area contributed by atoms with Gasteiger partial charge in [0.05, 0.1) is 18.1 Å². The fourth-order valence-corrected chi connectivity index (χ4v) is 2.78. The Bertz CT molecular complexity index is 1020. The highest BCUT2D eigenvalue weighted by Gasteiger charge is 2.18. The molecular formula is C24H20N2O3. The molecule has 0 fully saturated rings. The van der Waals surface area contributed by atoms with Crippen molar-refractivity contribution in [2.24, 2.45) is 0 Å². The summed E-state index contributed by atoms with van der Waals surface area (Å²) < 4.78 is 5.24. The van der Waals surface area contributed by atoms with Crippen LogP contribution >= 0.6 is 0 Å². The Kier molecular flexibility index (Phi) is 6.39. The summed E-state index contributed by atoms with van der Waals surface area (Å²) in [6.45, 7) is 1.52. The molecule has 1 amide bonds. The van der Waals surface area contributed by atoms with Gasteiger partial charge in [0.15, 0.2) is 6.10 Å². The first-order valence-electron chi connectivity index (χ1n) is 9.20. The number of nitrogens with zero attached hydrogens (tertiary/aromatic N) is 1. The average molecular weight is 384 g/mol. The van der Waals surface area contributed by atoms with Crippen molar-refractivity contribution >= 4 is 17.6 Å². The van der Waals surface area contributed by atoms with E-state index in [1.165, 1.54) is 6.92 Å². The van der Waals surface area contributed by atoms with Crippen LogP contribution in [0.25, 0.3) is 11.1 Å². The summed E-state index contributed by atoms with van der Waals surface area (Å²) >= 11 is 0. The van der Waals surface area contributed by atoms with Crippen molar-refractivity contribution in [2.75, 3.05) is 5.32 Å². The van der Waals surface area contributed by atoms with E-state index in [-0.39, 0.29) is 6.42 Å². The SMILES string of the molecule is C[C@@H](OC(=O)Cc1ccc(-c2ccccc2)cc1)C(=O)Nc1ccc(C#N)cc1. The lowest BCUT2D eigenvalue weighted by Gasteiger charge is -2.14. The van der Waals surface area contributed by atoms with E-state index in [1.807, 2.05) is 60.7 Å². The maximum atomic E-state index is 12.2. The number of esters is 1. The third-order valence-electron chi connectivity index (χ3n) is 4.37. The van der Waals surface area contributed by atoms with Crippen molar-refractivity contribution in [1.29, 1.82) is 5.26 Å². The molecule has 144 valence electrons. The van der Waals surface area contributed by atoms with E-state index in [2.05, 4.69) is 5.32 Å². The van der Waals surface area contributed by atoms with Crippen LogP contribution in [0.15, 0.2) is 78.9 Å². The topological polar surface area (TPSA) is 79.2 Å². The molecule has 0 spiro atoms. The van der Waals surface area contributed by atoms with Crippen LogP contribution in [0.3, 0.4) is 0 Å². The summed E-state index contributed by atoms with van der Waals surface area (Å²) in [5.41, 5.74) is 4.02. The van der Waals surface area contributed by atoms with Gasteiger partial charge in [0.1, 0.15) is 0 Å². The molecular weight excluding hydrogens is 364 g/mol. The predicted molar refractivity (Wildman–Crippen MR) is 111 cm³/mol. The highest BCUT2D eigenvalue weighted by atomic mass is 16.5. The van der Waals surface area contributed by atoms with E-state index in [0.717, 1.165) is 16.7 Å². The number of anilines is 1. The predicted octanol–water partition coefficient (Wildman–Crippen LogP) is 4.34. The number of ether oxygens (including phenoxy) is 1. The van der Waals surface area contributed by atoms with Crippen LogP contribution in [-0.4, -0.2) is 18.0 Å². The molecule has 0 heterocycles. The summed E-state index contributed by atoms with van der Waals surface area (Å²) in [6, 6.07) is 26.1. The van der Waals surface area contributed by atoms with Gasteiger partial charge >= 0.3 is 5.97 Å². The van der Waals surface area contributed by atoms with Crippen molar-refractivity contribution < 1.29 is 14.3 Å². The Morgan fingerprint density at radius 2 is 1.55 bits per heavy atom. The number of nitriles is 1. The van der Waals surface area contributed by atoms with Crippen molar-refractivity contribution in [1.82, 2.24) is 0 Å². The molecule has 0 saturated carbocycles. The molecule has 1 N–H and O–H groups in total. The third-order valence-corrected chi connectivity index (χ3v) is 4.37. The Labute approximate surface area is 169 Å². The van der Waals surface area contributed by atoms with E-state index in [9.17, 15) is 9.59 Å². The lowest BCUT2D eigenvalue weighted by molar-refractivity contribution is -0.152. The number of hydrogen-bond acceptors (Lipinski definition) is 4. The fraction of sp³-hybridized carbons (Fsp3) is 0.125. The summed E-state index contributed by atoms with van der Waals surface area (Å²) in [5, 5.41) is 11.5. The zero-order valence-corrected chi connectivity index (χ0v) is 16.0. The molecule has 1 atom stereocenters. The van der Waals surface area contributed by atoms with Crippen LogP contribution in [0.5, 0.6) is 0 Å². The number of benzene rings is 3. The van der Waals surface area contributed by atoms with Crippen LogP contribution in [0.4, 0.5) is 5.69 Å². The van der Waals surface area contributed by atoms with E-state index in [0.29, 0.717) is 11.3 Å². The van der Waals surface area contributed by atoms with Gasteiger partial charge in [-0.3, -0.25) is 9.59 Å². The highest BCUT2D eigenvalue weighted by Crippen LogP contribution is 2.19. The lowest BCUT2D eigenvalue weighted by atomic mass is 10.0. The van der Waals surface area contributed by atoms with Crippen molar-refractivity contribution in [3.05, 3.63) is 90.0 Å². The molecule has 0 aliphatic carbocycles. The zero-order chi connectivity index (χ0) is 20.6. The number of hydrogen-bond donors (Lipinski definition) is 1. The fourth-order valence-electron chi connectivity index (χ4n) is 2.78. The van der Waals surface area contributed by atoms with Crippen LogP contribution in [0.2, 0.25) is 0 Å². The Morgan fingerprint density at radius 3 is 2.17 bits per heavy atom. The largest absolute Gasteiger partial charge is 0.452 e. The maximum Gasteiger partial charge on any atom is 0.311 e. The summed E-state index contributed by atoms with van der Waals surface area (Å²) in [5.74, 6) is -0.901. The molecule has 0 saturated heterocycles. The number of nitrogens with one attached hydrogen (secondary N) is 1. The molecule has 0 aliphatic heterocycles. The van der Waals surface area contributed by atoms with E-state index in [4.69, 9.17) is 10.00 Å². The maximum absolute atomic E-state index is 12.2. The van der Waals surface area contributed by atoms with E-state index in [1.54, 1.807) is 24.3 Å². The van der Waals surface area contributed by atoms with Crippen molar-refractivity contribution in [3.8, 4) is 17.2 Å². The van der Waals surface area contributed by atoms with Crippen LogP contribution in [0, 0.1) is 11.3 Å². The Hall–Kier alpha value is -3.91. The normalized spacial score (nSPS) is 11.2. The van der Waals surface area contributed by atoms with Crippen molar-refractivity contribution in [3.63, 3.8) is 0 Å². The Balaban J connectivity index is 1.52. The van der Waals surface area contributed by atoms with E-state index >= 15 is 0 Å². The lowest BCUT2D eigenvalue weighted by Crippen LogP contribution is -2.30. The minimum atomic E-state index is -0.929. The minimum absolute atomic E-state index is 0.0869. The quantitative estimate of drug-likeness (QED) is 0.641. The number of carbonyl (C=O) groups is 2. The standard InChI is InChI=1S/C24H20N2O3/c1-17(24(28)26-22-13-9-19(16-25)10-14-22)29-23(27)15-18-7-11-21(12-8-18)20-5-3-2-4-6-20/h2-14,17H,15H2,1H3,(H,26,28)/t17-/m1/s1. The minimum Gasteiger partial charge on any atom is -0.452 e. The molecule has 3 aromatic rings. The Morgan fingerprint density at radius 1 is 0.931 bits per heavy atom. The van der Waals surface area contributed by atoms with Gasteiger partial charge in [-0.25, -0.2) is 0 Å². The molecule has 0 bridgehead atoms. The second kappa shape index (κ2) is 9.34. The van der Waals surface area contributed by atoms with Crippen LogP contribution in [0.1, 0.15) is 18.1 Å². The molecule has 5 heteroatoms. The second-order valence-electron chi connectivity index (χ2n) is 6.55. The van der Waals surface area contributed by atoms with Gasteiger partial charge in [-0.2, -0.15) is 5.26 Å². The van der Waals surface area contributed by atoms with Crippen LogP contribution in [-0.2, 0) is 20.7 Å². The molecule has 0 aliphatic rings. The van der Waals surface area contributed by atoms with Gasteiger partial charge < -0.3 is 10.1 Å². The molecule has 29 heavy (non-hydrogen) atoms. The second-order valence-corrected chi connectivity index (χ2v) is 6.55. The summed E-state index contributed by atoms with van der Waals surface area (Å²) in [7, 11) is 0. The number of carbonyl (C=O) groups excluding carboxylic acids is 2. The highest BCUT2D eigenvalue weighted by molar-refractivity contribution is 5.95. The first-order chi connectivity index (χ1) is 14.0. The zero-order valence-electron chi connectivity index (χ0n) is 16.0. The molecule has 0 unspecified atom stereocenters. The molecule has 3 aromatic carbocycles. The molecule has 0 aromatic heterocycles. The molecule has 3 rings (SSSR count). The van der Waals surface area contributed by atoms with E-state index < -0.39 is 18.0 Å². The third kappa shape index (κ3) is 5.53. The van der Waals surface area contributed by atoms with Gasteiger partial charge in [0.2, 0.25) is 0 Å². The first kappa shape index (κ1) is 19.8. The number of amides is 1. The monoisotopic (exact) mass is 384 g/mol. The summed E-state index contributed by atoms with van der Waals surface area (Å²) in [6.07, 6.45) is -0.842. The summed E-state index contributed by atoms with van der Waals surface area (Å²) in [4.78, 5) is 24.4. The van der Waals surface area contributed by atoms with Gasteiger partial charge in [-0.05, 0) is 47.9 Å². The molecule has 5 nitrogen and oxygen atoms in total. The molecule has 0 radical (unpaired) electrons. The van der Waals surface area contributed by atoms with Gasteiger partial charge in [-0.15, -0.1) is 0 Å². The van der Waals surface area contributed by atoms with Gasteiger partial charge in [0, 0.05) is 5.69 Å². The number of rotatable bonds is 6. The first-order valence-corrected chi connectivity index (χ1v) is 9.20. The average Bonchev–Trinajstić information content (AvgIpc) is 2.75. The smallest absolute Gasteiger partial charge is 0.311 e. The van der Waals surface area contributed by atoms with Crippen LogP contribution < -0.4 is 5.32 Å².